The number of nitrogens with zero attached hydrogens (tertiary/aromatic N) is 2. The van der Waals surface area contributed by atoms with Gasteiger partial charge in [-0.3, -0.25) is 9.79 Å². The van der Waals surface area contributed by atoms with Crippen molar-refractivity contribution < 1.29 is 22.7 Å². The molecule has 0 spiro atoms. The lowest BCUT2D eigenvalue weighted by Gasteiger charge is -2.14. The van der Waals surface area contributed by atoms with Crippen molar-refractivity contribution in [3.63, 3.8) is 0 Å². The summed E-state index contributed by atoms with van der Waals surface area (Å²) in [5, 5.41) is 6.19. The van der Waals surface area contributed by atoms with Crippen LogP contribution < -0.4 is 15.4 Å². The van der Waals surface area contributed by atoms with Gasteiger partial charge in [-0.1, -0.05) is 24.3 Å². The minimum absolute atomic E-state index is 0. The first-order valence-corrected chi connectivity index (χ1v) is 9.21. The van der Waals surface area contributed by atoms with Crippen molar-refractivity contribution in [2.24, 2.45) is 4.99 Å². The summed E-state index contributed by atoms with van der Waals surface area (Å²) in [4.78, 5) is 17.2. The molecule has 31 heavy (non-hydrogen) atoms. The predicted molar refractivity (Wildman–Crippen MR) is 125 cm³/mol. The van der Waals surface area contributed by atoms with E-state index in [1.165, 1.54) is 17.0 Å². The fourth-order valence-electron chi connectivity index (χ4n) is 2.42. The minimum atomic E-state index is -4.35. The Kier molecular flexibility index (Phi) is 10.6. The van der Waals surface area contributed by atoms with E-state index in [2.05, 4.69) is 15.6 Å². The third kappa shape index (κ3) is 9.03. The molecular weight excluding hydrogens is 524 g/mol. The number of amides is 1. The minimum Gasteiger partial charge on any atom is -0.484 e. The van der Waals surface area contributed by atoms with Gasteiger partial charge in [0.25, 0.3) is 5.91 Å². The monoisotopic (exact) mass is 550 g/mol. The molecule has 0 bridgehead atoms. The van der Waals surface area contributed by atoms with Crippen LogP contribution in [-0.4, -0.2) is 44.5 Å². The topological polar surface area (TPSA) is 66.0 Å². The number of ether oxygens (including phenoxy) is 1. The largest absolute Gasteiger partial charge is 0.484 e. The Morgan fingerprint density at radius 2 is 1.65 bits per heavy atom. The van der Waals surface area contributed by atoms with Gasteiger partial charge in [0.2, 0.25) is 0 Å². The molecule has 170 valence electrons. The van der Waals surface area contributed by atoms with Gasteiger partial charge in [-0.2, -0.15) is 13.2 Å². The molecule has 2 N–H and O–H groups in total. The van der Waals surface area contributed by atoms with Crippen LogP contribution in [0.25, 0.3) is 0 Å². The molecule has 0 radical (unpaired) electrons. The molecule has 0 saturated carbocycles. The van der Waals surface area contributed by atoms with Crippen molar-refractivity contribution in [1.29, 1.82) is 0 Å². The van der Waals surface area contributed by atoms with Crippen molar-refractivity contribution in [1.82, 2.24) is 15.5 Å². The summed E-state index contributed by atoms with van der Waals surface area (Å²) in [5.74, 6) is 0.951. The number of halogens is 4. The number of guanidine groups is 1. The highest BCUT2D eigenvalue weighted by Gasteiger charge is 2.29. The fraction of sp³-hybridized carbons (Fsp3) is 0.333. The van der Waals surface area contributed by atoms with Crippen LogP contribution in [0.15, 0.2) is 53.5 Å². The van der Waals surface area contributed by atoms with E-state index in [1.54, 1.807) is 27.2 Å². The van der Waals surface area contributed by atoms with Gasteiger partial charge in [0.15, 0.2) is 12.6 Å². The number of hydrogen-bond donors (Lipinski definition) is 2. The maximum absolute atomic E-state index is 12.6. The number of aliphatic imine (C=N–C) groups is 1. The Morgan fingerprint density at radius 1 is 1.03 bits per heavy atom. The zero-order valence-electron chi connectivity index (χ0n) is 17.5. The second-order valence-corrected chi connectivity index (χ2v) is 6.70. The van der Waals surface area contributed by atoms with Crippen LogP contribution in [0.3, 0.4) is 0 Å². The van der Waals surface area contributed by atoms with Crippen LogP contribution in [0.1, 0.15) is 16.7 Å². The highest BCUT2D eigenvalue weighted by atomic mass is 127. The molecule has 2 rings (SSSR count). The molecule has 10 heteroatoms. The second kappa shape index (κ2) is 12.4. The van der Waals surface area contributed by atoms with Gasteiger partial charge in [-0.25, -0.2) is 0 Å². The van der Waals surface area contributed by atoms with Crippen LogP contribution >= 0.6 is 24.0 Å². The van der Waals surface area contributed by atoms with Gasteiger partial charge in [-0.15, -0.1) is 24.0 Å². The van der Waals surface area contributed by atoms with E-state index in [0.29, 0.717) is 30.4 Å². The van der Waals surface area contributed by atoms with E-state index in [1.807, 2.05) is 18.2 Å². The van der Waals surface area contributed by atoms with Gasteiger partial charge in [-0.05, 0) is 35.4 Å². The van der Waals surface area contributed by atoms with Crippen molar-refractivity contribution >= 4 is 35.8 Å². The quantitative estimate of drug-likeness (QED) is 0.314. The Bertz CT molecular complexity index is 872. The number of hydrogen-bond acceptors (Lipinski definition) is 3. The SMILES string of the molecule is CN=C(NCc1ccc(C(F)(F)F)cc1)NCc1cccc(OCC(=O)N(C)C)c1.I. The normalized spacial score (nSPS) is 11.4. The molecule has 2 aromatic carbocycles. The molecule has 0 saturated heterocycles. The predicted octanol–water partition coefficient (Wildman–Crippen LogP) is 3.66. The maximum atomic E-state index is 12.6. The third-order valence-corrected chi connectivity index (χ3v) is 4.18. The molecule has 0 fully saturated rings. The smallest absolute Gasteiger partial charge is 0.416 e. The summed E-state index contributed by atoms with van der Waals surface area (Å²) >= 11 is 0. The molecule has 2 aromatic rings. The zero-order valence-corrected chi connectivity index (χ0v) is 19.8. The molecule has 0 aliphatic carbocycles. The molecule has 0 unspecified atom stereocenters. The van der Waals surface area contributed by atoms with Gasteiger partial charge in [0, 0.05) is 34.2 Å². The molecule has 0 aliphatic heterocycles. The van der Waals surface area contributed by atoms with E-state index in [0.717, 1.165) is 17.7 Å². The van der Waals surface area contributed by atoms with Crippen LogP contribution in [0.4, 0.5) is 13.2 Å². The molecule has 0 aromatic heterocycles. The fourth-order valence-corrected chi connectivity index (χ4v) is 2.42. The number of alkyl halides is 3. The molecule has 6 nitrogen and oxygen atoms in total. The van der Waals surface area contributed by atoms with Crippen LogP contribution in [-0.2, 0) is 24.1 Å². The highest BCUT2D eigenvalue weighted by Crippen LogP contribution is 2.29. The zero-order chi connectivity index (χ0) is 22.1. The number of likely N-dealkylation sites (N-methyl/N-ethyl adjacent to an activating group) is 1. The average Bonchev–Trinajstić information content (AvgIpc) is 2.72. The van der Waals surface area contributed by atoms with Crippen LogP contribution in [0.5, 0.6) is 5.75 Å². The Hall–Kier alpha value is -2.50. The van der Waals surface area contributed by atoms with Crippen molar-refractivity contribution in [2.45, 2.75) is 19.3 Å². The summed E-state index contributed by atoms with van der Waals surface area (Å²) in [7, 11) is 4.93. The summed E-state index contributed by atoms with van der Waals surface area (Å²) in [6.07, 6.45) is -4.35. The van der Waals surface area contributed by atoms with Crippen molar-refractivity contribution in [2.75, 3.05) is 27.7 Å². The number of carbonyl (C=O) groups excluding carboxylic acids is 1. The molecule has 0 aliphatic rings. The average molecular weight is 550 g/mol. The molecular formula is C21H26F3IN4O2. The summed E-state index contributed by atoms with van der Waals surface area (Å²) in [6, 6.07) is 12.3. The highest BCUT2D eigenvalue weighted by molar-refractivity contribution is 14.0. The first-order chi connectivity index (χ1) is 14.2. The number of nitrogens with one attached hydrogen (secondary N) is 2. The van der Waals surface area contributed by atoms with Gasteiger partial charge in [0.1, 0.15) is 5.75 Å². The first kappa shape index (κ1) is 26.5. The van der Waals surface area contributed by atoms with Gasteiger partial charge < -0.3 is 20.3 Å². The standard InChI is InChI=1S/C21H25F3N4O2.HI/c1-25-20(26-12-15-7-9-17(10-8-15)21(22,23)24)27-13-16-5-4-6-18(11-16)30-14-19(29)28(2)3;/h4-11H,12-14H2,1-3H3,(H2,25,26,27);1H. The Balaban J connectivity index is 0.00000480. The van der Waals surface area contributed by atoms with Crippen LogP contribution in [0.2, 0.25) is 0 Å². The molecule has 1 amide bonds. The van der Waals surface area contributed by atoms with Crippen molar-refractivity contribution in [3.8, 4) is 5.75 Å². The van der Waals surface area contributed by atoms with E-state index in [-0.39, 0.29) is 36.5 Å². The summed E-state index contributed by atoms with van der Waals surface area (Å²) in [6.45, 7) is 0.735. The Labute approximate surface area is 196 Å². The van der Waals surface area contributed by atoms with Gasteiger partial charge in [0.05, 0.1) is 5.56 Å². The Morgan fingerprint density at radius 3 is 2.19 bits per heavy atom. The lowest BCUT2D eigenvalue weighted by Crippen LogP contribution is -2.36. The maximum Gasteiger partial charge on any atom is 0.416 e. The van der Waals surface area contributed by atoms with Crippen LogP contribution in [0, 0.1) is 0 Å². The first-order valence-electron chi connectivity index (χ1n) is 9.21. The van der Waals surface area contributed by atoms with E-state index < -0.39 is 11.7 Å². The summed E-state index contributed by atoms with van der Waals surface area (Å²) in [5.41, 5.74) is 0.942. The van der Waals surface area contributed by atoms with Crippen molar-refractivity contribution in [3.05, 3.63) is 65.2 Å². The molecule has 0 atom stereocenters. The van der Waals surface area contributed by atoms with Gasteiger partial charge >= 0.3 is 6.18 Å². The number of carbonyl (C=O) groups is 1. The summed E-state index contributed by atoms with van der Waals surface area (Å²) < 4.78 is 43.4. The second-order valence-electron chi connectivity index (χ2n) is 6.70. The van der Waals surface area contributed by atoms with E-state index >= 15 is 0 Å². The lowest BCUT2D eigenvalue weighted by atomic mass is 10.1. The third-order valence-electron chi connectivity index (χ3n) is 4.18. The van der Waals surface area contributed by atoms with E-state index in [9.17, 15) is 18.0 Å². The molecule has 0 heterocycles. The van der Waals surface area contributed by atoms with E-state index in [4.69, 9.17) is 4.74 Å². The lowest BCUT2D eigenvalue weighted by molar-refractivity contribution is -0.137. The number of rotatable bonds is 7. The number of benzene rings is 2.